The fraction of sp³-hybridized carbons (Fsp3) is 0.545. The van der Waals surface area contributed by atoms with Crippen LogP contribution in [0.1, 0.15) is 20.3 Å². The molecule has 0 amide bonds. The van der Waals surface area contributed by atoms with Crippen LogP contribution in [-0.4, -0.2) is 12.1 Å². The molecule has 2 atom stereocenters. The summed E-state index contributed by atoms with van der Waals surface area (Å²) in [5.41, 5.74) is 0.862. The minimum absolute atomic E-state index is 0.0171. The smallest absolute Gasteiger partial charge is 0.334 e. The molecule has 13 heavy (non-hydrogen) atoms. The molecule has 0 saturated heterocycles. The number of hydrogen-bond acceptors (Lipinski definition) is 2. The van der Waals surface area contributed by atoms with E-state index >= 15 is 0 Å². The topological polar surface area (TPSA) is 26.3 Å². The number of allylic oxidation sites excluding steroid dienone is 3. The fourth-order valence-corrected chi connectivity index (χ4v) is 1.94. The third-order valence-corrected chi connectivity index (χ3v) is 2.49. The monoisotopic (exact) mass is 178 g/mol. The van der Waals surface area contributed by atoms with Crippen molar-refractivity contribution in [3.63, 3.8) is 0 Å². The summed E-state index contributed by atoms with van der Waals surface area (Å²) in [6.45, 7) is 3.75. The van der Waals surface area contributed by atoms with Crippen LogP contribution in [0.2, 0.25) is 0 Å². The van der Waals surface area contributed by atoms with Gasteiger partial charge in [-0.3, -0.25) is 0 Å². The summed E-state index contributed by atoms with van der Waals surface area (Å²) in [6.07, 6.45) is 7.37. The van der Waals surface area contributed by atoms with E-state index in [0.717, 1.165) is 12.0 Å². The molecule has 0 aromatic rings. The molecule has 2 aliphatic carbocycles. The van der Waals surface area contributed by atoms with Crippen LogP contribution in [0.15, 0.2) is 23.8 Å². The first-order valence-electron chi connectivity index (χ1n) is 4.78. The van der Waals surface area contributed by atoms with Crippen molar-refractivity contribution in [1.29, 1.82) is 0 Å². The van der Waals surface area contributed by atoms with Gasteiger partial charge in [0.25, 0.3) is 0 Å². The van der Waals surface area contributed by atoms with E-state index in [0.29, 0.717) is 11.8 Å². The third-order valence-electron chi connectivity index (χ3n) is 2.49. The van der Waals surface area contributed by atoms with Crippen LogP contribution in [0.3, 0.4) is 0 Å². The Bertz CT molecular complexity index is 286. The van der Waals surface area contributed by atoms with Gasteiger partial charge in [-0.15, -0.1) is 0 Å². The zero-order valence-electron chi connectivity index (χ0n) is 7.99. The molecule has 0 saturated carbocycles. The Balaban J connectivity index is 2.03. The highest BCUT2D eigenvalue weighted by Gasteiger charge is 2.32. The van der Waals surface area contributed by atoms with Gasteiger partial charge >= 0.3 is 5.97 Å². The first-order chi connectivity index (χ1) is 6.16. The Labute approximate surface area is 78.3 Å². The van der Waals surface area contributed by atoms with Gasteiger partial charge in [0.15, 0.2) is 0 Å². The van der Waals surface area contributed by atoms with Crippen LogP contribution in [-0.2, 0) is 9.53 Å². The SMILES string of the molecule is CC(C)OC(=O)C1=CC2C=CC1C2. The van der Waals surface area contributed by atoms with Crippen molar-refractivity contribution < 1.29 is 9.53 Å². The molecule has 0 aromatic heterocycles. The summed E-state index contributed by atoms with van der Waals surface area (Å²) in [5.74, 6) is 0.683. The molecule has 2 nitrogen and oxygen atoms in total. The van der Waals surface area contributed by atoms with E-state index in [9.17, 15) is 4.79 Å². The van der Waals surface area contributed by atoms with Gasteiger partial charge in [0, 0.05) is 11.5 Å². The molecule has 0 heterocycles. The van der Waals surface area contributed by atoms with Gasteiger partial charge in [0.05, 0.1) is 6.10 Å². The van der Waals surface area contributed by atoms with Crippen LogP contribution < -0.4 is 0 Å². The van der Waals surface area contributed by atoms with E-state index in [2.05, 4.69) is 12.2 Å². The maximum Gasteiger partial charge on any atom is 0.334 e. The van der Waals surface area contributed by atoms with E-state index in [1.807, 2.05) is 19.9 Å². The molecule has 2 unspecified atom stereocenters. The quantitative estimate of drug-likeness (QED) is 0.478. The highest BCUT2D eigenvalue weighted by Crippen LogP contribution is 2.38. The predicted molar refractivity (Wildman–Crippen MR) is 50.0 cm³/mol. The summed E-state index contributed by atoms with van der Waals surface area (Å²) < 4.78 is 5.15. The number of carbonyl (C=O) groups excluding carboxylic acids is 1. The Morgan fingerprint density at radius 2 is 2.31 bits per heavy atom. The molecule has 2 aliphatic rings. The van der Waals surface area contributed by atoms with Crippen molar-refractivity contribution in [2.24, 2.45) is 11.8 Å². The van der Waals surface area contributed by atoms with Crippen molar-refractivity contribution >= 4 is 5.97 Å². The lowest BCUT2D eigenvalue weighted by Gasteiger charge is -2.11. The molecule has 0 aliphatic heterocycles. The largest absolute Gasteiger partial charge is 0.460 e. The third kappa shape index (κ3) is 1.53. The van der Waals surface area contributed by atoms with Gasteiger partial charge in [-0.2, -0.15) is 0 Å². The van der Waals surface area contributed by atoms with Gasteiger partial charge in [-0.25, -0.2) is 4.79 Å². The summed E-state index contributed by atoms with van der Waals surface area (Å²) in [6, 6.07) is 0. The molecule has 0 fully saturated rings. The minimum atomic E-state index is -0.133. The maximum absolute atomic E-state index is 11.5. The Morgan fingerprint density at radius 3 is 2.77 bits per heavy atom. The van der Waals surface area contributed by atoms with Gasteiger partial charge in [0.1, 0.15) is 0 Å². The zero-order valence-corrected chi connectivity index (χ0v) is 7.99. The van der Waals surface area contributed by atoms with Crippen LogP contribution in [0.5, 0.6) is 0 Å². The lowest BCUT2D eigenvalue weighted by Crippen LogP contribution is -2.16. The fourth-order valence-electron chi connectivity index (χ4n) is 1.94. The van der Waals surface area contributed by atoms with Crippen LogP contribution in [0, 0.1) is 11.8 Å². The normalized spacial score (nSPS) is 29.6. The summed E-state index contributed by atoms with van der Waals surface area (Å²) >= 11 is 0. The molecule has 70 valence electrons. The molecular weight excluding hydrogens is 164 g/mol. The average molecular weight is 178 g/mol. The Kier molecular flexibility index (Phi) is 1.98. The molecule has 0 N–H and O–H groups in total. The predicted octanol–water partition coefficient (Wildman–Crippen LogP) is 2.07. The van der Waals surface area contributed by atoms with Crippen molar-refractivity contribution in [2.45, 2.75) is 26.4 Å². The highest BCUT2D eigenvalue weighted by atomic mass is 16.5. The molecular formula is C11H14O2. The van der Waals surface area contributed by atoms with Crippen molar-refractivity contribution in [3.8, 4) is 0 Å². The van der Waals surface area contributed by atoms with Crippen LogP contribution >= 0.6 is 0 Å². The van der Waals surface area contributed by atoms with Gasteiger partial charge < -0.3 is 4.74 Å². The van der Waals surface area contributed by atoms with E-state index < -0.39 is 0 Å². The number of fused-ring (bicyclic) bond motifs is 2. The van der Waals surface area contributed by atoms with E-state index in [1.54, 1.807) is 0 Å². The van der Waals surface area contributed by atoms with E-state index in [4.69, 9.17) is 4.74 Å². The molecule has 0 spiro atoms. The molecule has 2 heteroatoms. The summed E-state index contributed by atoms with van der Waals surface area (Å²) in [4.78, 5) is 11.5. The first-order valence-corrected chi connectivity index (χ1v) is 4.78. The van der Waals surface area contributed by atoms with Gasteiger partial charge in [-0.1, -0.05) is 18.2 Å². The highest BCUT2D eigenvalue weighted by molar-refractivity contribution is 5.90. The van der Waals surface area contributed by atoms with Crippen molar-refractivity contribution in [2.75, 3.05) is 0 Å². The Morgan fingerprint density at radius 1 is 1.54 bits per heavy atom. The number of ether oxygens (including phenoxy) is 1. The molecule has 0 aromatic carbocycles. The zero-order chi connectivity index (χ0) is 9.42. The van der Waals surface area contributed by atoms with Crippen LogP contribution in [0.25, 0.3) is 0 Å². The van der Waals surface area contributed by atoms with Gasteiger partial charge in [0.2, 0.25) is 0 Å². The van der Waals surface area contributed by atoms with E-state index in [1.165, 1.54) is 0 Å². The number of esters is 1. The first kappa shape index (κ1) is 8.54. The van der Waals surface area contributed by atoms with Crippen molar-refractivity contribution in [1.82, 2.24) is 0 Å². The molecule has 2 bridgehead atoms. The molecule has 0 radical (unpaired) electrons. The number of hydrogen-bond donors (Lipinski definition) is 0. The Hall–Kier alpha value is -1.05. The van der Waals surface area contributed by atoms with Crippen molar-refractivity contribution in [3.05, 3.63) is 23.8 Å². The van der Waals surface area contributed by atoms with Crippen LogP contribution in [0.4, 0.5) is 0 Å². The second-order valence-corrected chi connectivity index (χ2v) is 3.97. The lowest BCUT2D eigenvalue weighted by atomic mass is 10.0. The second kappa shape index (κ2) is 3.02. The lowest BCUT2D eigenvalue weighted by molar-refractivity contribution is -0.143. The number of rotatable bonds is 2. The van der Waals surface area contributed by atoms with E-state index in [-0.39, 0.29) is 12.1 Å². The average Bonchev–Trinajstić information content (AvgIpc) is 2.62. The minimum Gasteiger partial charge on any atom is -0.460 e. The molecule has 2 rings (SSSR count). The number of carbonyl (C=O) groups is 1. The summed E-state index contributed by atoms with van der Waals surface area (Å²) in [7, 11) is 0. The summed E-state index contributed by atoms with van der Waals surface area (Å²) in [5, 5.41) is 0. The maximum atomic E-state index is 11.5. The second-order valence-electron chi connectivity index (χ2n) is 3.97. The standard InChI is InChI=1S/C11H14O2/c1-7(2)13-11(12)10-6-8-3-4-9(10)5-8/h3-4,6-9H,5H2,1-2H3. The van der Waals surface area contributed by atoms with Gasteiger partial charge in [-0.05, 0) is 26.2 Å².